The summed E-state index contributed by atoms with van der Waals surface area (Å²) in [6.45, 7) is 7.33. The van der Waals surface area contributed by atoms with Crippen LogP contribution in [-0.2, 0) is 19.1 Å². The molecule has 0 saturated heterocycles. The lowest BCUT2D eigenvalue weighted by Crippen LogP contribution is -2.13. The number of ether oxygens (including phenoxy) is 2. The second kappa shape index (κ2) is 13.9. The van der Waals surface area contributed by atoms with E-state index in [2.05, 4.69) is 20.8 Å². The molecular weight excluding hydrogens is 268 g/mol. The molecule has 0 N–H and O–H groups in total. The summed E-state index contributed by atoms with van der Waals surface area (Å²) in [5.41, 5.74) is 0. The molecule has 0 rings (SSSR count). The average Bonchev–Trinajstić information content (AvgIpc) is 2.48. The SMILES string of the molecule is CCCCCCOC(=O)CCCC(=O)OCC(CC)CC. The summed E-state index contributed by atoms with van der Waals surface area (Å²) in [4.78, 5) is 23.0. The van der Waals surface area contributed by atoms with E-state index < -0.39 is 0 Å². The number of carbonyl (C=O) groups is 2. The van der Waals surface area contributed by atoms with Crippen LogP contribution in [0, 0.1) is 5.92 Å². The van der Waals surface area contributed by atoms with Crippen LogP contribution in [0.15, 0.2) is 0 Å². The highest BCUT2D eigenvalue weighted by molar-refractivity contribution is 5.72. The van der Waals surface area contributed by atoms with Crippen LogP contribution in [0.4, 0.5) is 0 Å². The largest absolute Gasteiger partial charge is 0.466 e. The van der Waals surface area contributed by atoms with Gasteiger partial charge in [-0.1, -0.05) is 52.9 Å². The molecule has 0 bridgehead atoms. The van der Waals surface area contributed by atoms with Gasteiger partial charge in [-0.15, -0.1) is 0 Å². The first-order valence-electron chi connectivity index (χ1n) is 8.45. The quantitative estimate of drug-likeness (QED) is 0.377. The molecule has 0 aliphatic heterocycles. The van der Waals surface area contributed by atoms with Crippen molar-refractivity contribution in [2.45, 2.75) is 78.6 Å². The topological polar surface area (TPSA) is 52.6 Å². The van der Waals surface area contributed by atoms with Gasteiger partial charge in [0.05, 0.1) is 13.2 Å². The Morgan fingerprint density at radius 3 is 2.00 bits per heavy atom. The Kier molecular flexibility index (Phi) is 13.2. The second-order valence-electron chi connectivity index (χ2n) is 5.50. The van der Waals surface area contributed by atoms with Gasteiger partial charge in [0.1, 0.15) is 0 Å². The molecule has 0 aromatic carbocycles. The third-order valence-electron chi connectivity index (χ3n) is 3.66. The van der Waals surface area contributed by atoms with Crippen molar-refractivity contribution < 1.29 is 19.1 Å². The van der Waals surface area contributed by atoms with E-state index in [0.717, 1.165) is 25.7 Å². The van der Waals surface area contributed by atoms with Crippen LogP contribution in [0.3, 0.4) is 0 Å². The van der Waals surface area contributed by atoms with Crippen LogP contribution in [-0.4, -0.2) is 25.2 Å². The molecule has 4 heteroatoms. The first-order valence-corrected chi connectivity index (χ1v) is 8.45. The molecule has 0 saturated carbocycles. The summed E-state index contributed by atoms with van der Waals surface area (Å²) < 4.78 is 10.3. The van der Waals surface area contributed by atoms with Crippen LogP contribution in [0.25, 0.3) is 0 Å². The Hall–Kier alpha value is -1.06. The molecule has 0 spiro atoms. The molecule has 124 valence electrons. The minimum absolute atomic E-state index is 0.209. The van der Waals surface area contributed by atoms with Gasteiger partial charge in [-0.25, -0.2) is 0 Å². The van der Waals surface area contributed by atoms with Crippen molar-refractivity contribution in [3.8, 4) is 0 Å². The van der Waals surface area contributed by atoms with Gasteiger partial charge in [0.15, 0.2) is 0 Å². The van der Waals surface area contributed by atoms with Crippen molar-refractivity contribution in [2.24, 2.45) is 5.92 Å². The van der Waals surface area contributed by atoms with E-state index in [4.69, 9.17) is 9.47 Å². The summed E-state index contributed by atoms with van der Waals surface area (Å²) in [5, 5.41) is 0. The number of esters is 2. The van der Waals surface area contributed by atoms with Crippen molar-refractivity contribution >= 4 is 11.9 Å². The third kappa shape index (κ3) is 12.4. The molecule has 0 heterocycles. The highest BCUT2D eigenvalue weighted by Gasteiger charge is 2.10. The van der Waals surface area contributed by atoms with E-state index >= 15 is 0 Å². The zero-order chi connectivity index (χ0) is 15.9. The molecule has 0 aliphatic rings. The minimum atomic E-state index is -0.211. The van der Waals surface area contributed by atoms with Crippen molar-refractivity contribution in [1.29, 1.82) is 0 Å². The Morgan fingerprint density at radius 1 is 0.810 bits per heavy atom. The fourth-order valence-corrected chi connectivity index (χ4v) is 1.97. The normalized spacial score (nSPS) is 10.7. The highest BCUT2D eigenvalue weighted by atomic mass is 16.5. The zero-order valence-electron chi connectivity index (χ0n) is 14.0. The Labute approximate surface area is 129 Å². The molecule has 21 heavy (non-hydrogen) atoms. The van der Waals surface area contributed by atoms with Gasteiger partial charge in [-0.05, 0) is 18.8 Å². The molecule has 0 aromatic heterocycles. The maximum atomic E-state index is 11.5. The third-order valence-corrected chi connectivity index (χ3v) is 3.66. The van der Waals surface area contributed by atoms with Crippen LogP contribution < -0.4 is 0 Å². The summed E-state index contributed by atoms with van der Waals surface area (Å²) in [6, 6.07) is 0. The maximum absolute atomic E-state index is 11.5. The van der Waals surface area contributed by atoms with Gasteiger partial charge in [0.25, 0.3) is 0 Å². The Morgan fingerprint density at radius 2 is 1.43 bits per heavy atom. The standard InChI is InChI=1S/C17H32O4/c1-4-7-8-9-13-20-16(18)11-10-12-17(19)21-14-15(5-2)6-3/h15H,4-14H2,1-3H3. The van der Waals surface area contributed by atoms with Gasteiger partial charge < -0.3 is 9.47 Å². The zero-order valence-corrected chi connectivity index (χ0v) is 14.0. The van der Waals surface area contributed by atoms with Gasteiger partial charge >= 0.3 is 11.9 Å². The van der Waals surface area contributed by atoms with E-state index in [1.807, 2.05) is 0 Å². The molecular formula is C17H32O4. The number of hydrogen-bond acceptors (Lipinski definition) is 4. The van der Waals surface area contributed by atoms with Crippen molar-refractivity contribution in [1.82, 2.24) is 0 Å². The molecule has 0 unspecified atom stereocenters. The molecule has 0 radical (unpaired) electrons. The predicted octanol–water partition coefficient (Wildman–Crippen LogP) is 4.26. The predicted molar refractivity (Wildman–Crippen MR) is 84.0 cm³/mol. The van der Waals surface area contributed by atoms with E-state index in [1.54, 1.807) is 0 Å². The monoisotopic (exact) mass is 300 g/mol. The number of hydrogen-bond donors (Lipinski definition) is 0. The van der Waals surface area contributed by atoms with Crippen molar-refractivity contribution in [3.05, 3.63) is 0 Å². The molecule has 0 aliphatic carbocycles. The van der Waals surface area contributed by atoms with Gasteiger partial charge in [0, 0.05) is 12.8 Å². The summed E-state index contributed by atoms with van der Waals surface area (Å²) in [5.74, 6) is 0.0268. The summed E-state index contributed by atoms with van der Waals surface area (Å²) >= 11 is 0. The van der Waals surface area contributed by atoms with Gasteiger partial charge in [0.2, 0.25) is 0 Å². The average molecular weight is 300 g/mol. The molecule has 0 aromatic rings. The van der Waals surface area contributed by atoms with E-state index in [9.17, 15) is 9.59 Å². The Balaban J connectivity index is 3.51. The van der Waals surface area contributed by atoms with Crippen LogP contribution in [0.1, 0.15) is 78.6 Å². The Bertz CT molecular complexity index is 272. The van der Waals surface area contributed by atoms with Crippen LogP contribution in [0.2, 0.25) is 0 Å². The van der Waals surface area contributed by atoms with E-state index in [1.165, 1.54) is 12.8 Å². The number of unbranched alkanes of at least 4 members (excludes halogenated alkanes) is 3. The summed E-state index contributed by atoms with van der Waals surface area (Å²) in [6.07, 6.45) is 7.53. The molecule has 0 fully saturated rings. The van der Waals surface area contributed by atoms with Gasteiger partial charge in [-0.3, -0.25) is 9.59 Å². The maximum Gasteiger partial charge on any atom is 0.305 e. The lowest BCUT2D eigenvalue weighted by molar-refractivity contribution is -0.146. The minimum Gasteiger partial charge on any atom is -0.466 e. The van der Waals surface area contributed by atoms with Crippen LogP contribution >= 0.6 is 0 Å². The summed E-state index contributed by atoms with van der Waals surface area (Å²) in [7, 11) is 0. The fraction of sp³-hybridized carbons (Fsp3) is 0.882. The van der Waals surface area contributed by atoms with Crippen molar-refractivity contribution in [3.63, 3.8) is 0 Å². The van der Waals surface area contributed by atoms with Crippen molar-refractivity contribution in [2.75, 3.05) is 13.2 Å². The molecule has 0 amide bonds. The van der Waals surface area contributed by atoms with E-state index in [0.29, 0.717) is 38.4 Å². The highest BCUT2D eigenvalue weighted by Crippen LogP contribution is 2.09. The first-order chi connectivity index (χ1) is 10.1. The molecule has 0 atom stereocenters. The molecule has 4 nitrogen and oxygen atoms in total. The van der Waals surface area contributed by atoms with E-state index in [-0.39, 0.29) is 11.9 Å². The lowest BCUT2D eigenvalue weighted by atomic mass is 10.1. The first kappa shape index (κ1) is 19.9. The van der Waals surface area contributed by atoms with Crippen LogP contribution in [0.5, 0.6) is 0 Å². The number of carbonyl (C=O) groups excluding carboxylic acids is 2. The number of rotatable bonds is 13. The fourth-order valence-electron chi connectivity index (χ4n) is 1.97. The smallest absolute Gasteiger partial charge is 0.305 e. The lowest BCUT2D eigenvalue weighted by Gasteiger charge is -2.12. The van der Waals surface area contributed by atoms with Gasteiger partial charge in [-0.2, -0.15) is 0 Å². The second-order valence-corrected chi connectivity index (χ2v) is 5.50.